The molecular formula is C104H66N2O2. The van der Waals surface area contributed by atoms with Crippen molar-refractivity contribution in [3.63, 3.8) is 0 Å². The van der Waals surface area contributed by atoms with E-state index in [0.29, 0.717) is 0 Å². The molecular weight excluding hydrogens is 1310 g/mol. The summed E-state index contributed by atoms with van der Waals surface area (Å²) < 4.78 is 13.0. The standard InChI is InChI=1S/C104H66N2O2/c1-3-15-77-63-79(38-37-67(77)13-1)73-33-29-70(30-34-73)72-45-54-86(55-46-72)106(87-58-50-76(51-59-87)91-21-11-25-99-97-18-6-8-28-102(97)108-104(91)99)100-26-12-23-93-92-22-9-19-89(94(92)61-62-95(93)100)83-42-41-81-64-80(39-40-82(81)65-83)74-35-31-69(32-36-74)71-43-52-84(53-44-71)105(88-60-47-68-14-2-4-16-78(68)66-88)85-56-48-75(49-57-85)90-20-10-24-98-96-17-5-7-27-101(96)107-103(90)98/h1-66H. The zero-order valence-electron chi connectivity index (χ0n) is 58.8. The van der Waals surface area contributed by atoms with Gasteiger partial charge in [-0.2, -0.15) is 0 Å². The van der Waals surface area contributed by atoms with Crippen LogP contribution in [0.25, 0.3) is 176 Å². The van der Waals surface area contributed by atoms with Crippen LogP contribution in [-0.2, 0) is 0 Å². The molecule has 0 aliphatic rings. The van der Waals surface area contributed by atoms with Crippen LogP contribution in [0.1, 0.15) is 0 Å². The molecule has 2 heterocycles. The minimum Gasteiger partial charge on any atom is -0.455 e. The van der Waals surface area contributed by atoms with Crippen molar-refractivity contribution in [1.29, 1.82) is 0 Å². The topological polar surface area (TPSA) is 32.8 Å². The van der Waals surface area contributed by atoms with Crippen molar-refractivity contribution in [3.8, 4) is 77.9 Å². The van der Waals surface area contributed by atoms with Gasteiger partial charge in [-0.15, -0.1) is 0 Å². The number of hydrogen-bond donors (Lipinski definition) is 0. The number of nitrogens with zero attached hydrogens (tertiary/aromatic N) is 2. The SMILES string of the molecule is c1ccc2cc(-c3ccc(-c4ccc(N(c5ccc(-c6cccc7c6oc6ccccc67)cc5)c5cccc6c5ccc5c(-c7ccc8cc(-c9ccc(-c%10ccc(N(c%11ccc(-c%12cccc%13c%12oc%12ccccc%12%13)cc%11)c%11ccc%12ccccc%12c%11)cc%10)cc9)ccc8c7)cccc56)cc4)cc3)ccc2c1. The zero-order valence-corrected chi connectivity index (χ0v) is 58.8. The third-order valence-electron chi connectivity index (χ3n) is 22.1. The molecule has 21 aromatic rings. The quantitative estimate of drug-likeness (QED) is 0.108. The summed E-state index contributed by atoms with van der Waals surface area (Å²) in [6.07, 6.45) is 0. The number of benzene rings is 19. The van der Waals surface area contributed by atoms with E-state index in [0.717, 1.165) is 122 Å². The van der Waals surface area contributed by atoms with Gasteiger partial charge in [0.1, 0.15) is 22.3 Å². The molecule has 4 nitrogen and oxygen atoms in total. The van der Waals surface area contributed by atoms with Crippen molar-refractivity contribution >= 4 is 132 Å². The lowest BCUT2D eigenvalue weighted by Crippen LogP contribution is -2.10. The fraction of sp³-hybridized carbons (Fsp3) is 0. The molecule has 21 rings (SSSR count). The monoisotopic (exact) mass is 1370 g/mol. The lowest BCUT2D eigenvalue weighted by atomic mass is 9.92. The molecule has 0 bridgehead atoms. The van der Waals surface area contributed by atoms with Gasteiger partial charge in [0, 0.05) is 66.5 Å². The van der Waals surface area contributed by atoms with Crippen molar-refractivity contribution in [2.75, 3.05) is 9.80 Å². The van der Waals surface area contributed by atoms with E-state index in [2.05, 4.69) is 392 Å². The van der Waals surface area contributed by atoms with Crippen molar-refractivity contribution in [3.05, 3.63) is 400 Å². The molecule has 504 valence electrons. The number of para-hydroxylation sites is 4. The summed E-state index contributed by atoms with van der Waals surface area (Å²) >= 11 is 0. The predicted molar refractivity (Wildman–Crippen MR) is 456 cm³/mol. The fourth-order valence-electron chi connectivity index (χ4n) is 16.6. The Labute approximate surface area is 624 Å². The van der Waals surface area contributed by atoms with E-state index in [1.807, 2.05) is 18.2 Å². The Bertz CT molecular complexity index is 7070. The van der Waals surface area contributed by atoms with Crippen LogP contribution in [0.5, 0.6) is 0 Å². The second-order valence-electron chi connectivity index (χ2n) is 28.3. The third-order valence-corrected chi connectivity index (χ3v) is 22.1. The first-order chi connectivity index (χ1) is 53.5. The van der Waals surface area contributed by atoms with E-state index < -0.39 is 0 Å². The minimum absolute atomic E-state index is 0.893. The summed E-state index contributed by atoms with van der Waals surface area (Å²) in [5.41, 5.74) is 26.2. The average molecular weight is 1380 g/mol. The summed E-state index contributed by atoms with van der Waals surface area (Å²) in [6.45, 7) is 0. The first-order valence-corrected chi connectivity index (χ1v) is 37.0. The summed E-state index contributed by atoms with van der Waals surface area (Å²) in [5.74, 6) is 0. The Kier molecular flexibility index (Phi) is 14.9. The van der Waals surface area contributed by atoms with E-state index in [9.17, 15) is 0 Å². The van der Waals surface area contributed by atoms with Crippen LogP contribution >= 0.6 is 0 Å². The molecule has 0 aliphatic heterocycles. The van der Waals surface area contributed by atoms with Gasteiger partial charge >= 0.3 is 0 Å². The molecule has 4 heteroatoms. The highest BCUT2D eigenvalue weighted by Gasteiger charge is 2.22. The smallest absolute Gasteiger partial charge is 0.143 e. The molecule has 0 unspecified atom stereocenters. The summed E-state index contributed by atoms with van der Waals surface area (Å²) in [5, 5.41) is 16.6. The van der Waals surface area contributed by atoms with E-state index in [-0.39, 0.29) is 0 Å². The van der Waals surface area contributed by atoms with Gasteiger partial charge in [-0.1, -0.05) is 303 Å². The fourth-order valence-corrected chi connectivity index (χ4v) is 16.6. The van der Waals surface area contributed by atoms with Gasteiger partial charge in [-0.3, -0.25) is 0 Å². The van der Waals surface area contributed by atoms with Gasteiger partial charge < -0.3 is 18.6 Å². The Hall–Kier alpha value is -14.3. The molecule has 2 aromatic heterocycles. The Morgan fingerprint density at radius 3 is 0.981 bits per heavy atom. The molecule has 0 aliphatic carbocycles. The predicted octanol–water partition coefficient (Wildman–Crippen LogP) is 29.9. The molecule has 0 fully saturated rings. The summed E-state index contributed by atoms with van der Waals surface area (Å²) in [4.78, 5) is 4.76. The third kappa shape index (κ3) is 10.9. The minimum atomic E-state index is 0.893. The number of rotatable bonds is 13. The molecule has 0 saturated heterocycles. The number of hydrogen-bond acceptors (Lipinski definition) is 4. The maximum atomic E-state index is 6.55. The molecule has 0 N–H and O–H groups in total. The first-order valence-electron chi connectivity index (χ1n) is 37.0. The van der Waals surface area contributed by atoms with Gasteiger partial charge in [-0.05, 0) is 212 Å². The van der Waals surface area contributed by atoms with Gasteiger partial charge in [-0.25, -0.2) is 0 Å². The highest BCUT2D eigenvalue weighted by Crippen LogP contribution is 2.47. The maximum absolute atomic E-state index is 6.55. The van der Waals surface area contributed by atoms with Crippen LogP contribution in [0, 0.1) is 0 Å². The van der Waals surface area contributed by atoms with Gasteiger partial charge in [0.25, 0.3) is 0 Å². The van der Waals surface area contributed by atoms with Crippen molar-refractivity contribution in [1.82, 2.24) is 0 Å². The lowest BCUT2D eigenvalue weighted by Gasteiger charge is -2.27. The average Bonchev–Trinajstić information content (AvgIpc) is 1.30. The molecule has 0 amide bonds. The lowest BCUT2D eigenvalue weighted by molar-refractivity contribution is 0.669. The largest absolute Gasteiger partial charge is 0.455 e. The highest BCUT2D eigenvalue weighted by molar-refractivity contribution is 6.17. The summed E-state index contributed by atoms with van der Waals surface area (Å²) in [6, 6.07) is 146. The van der Waals surface area contributed by atoms with Crippen molar-refractivity contribution in [2.45, 2.75) is 0 Å². The Morgan fingerprint density at radius 1 is 0.157 bits per heavy atom. The number of furan rings is 2. The van der Waals surface area contributed by atoms with Gasteiger partial charge in [0.2, 0.25) is 0 Å². The first kappa shape index (κ1) is 62.3. The van der Waals surface area contributed by atoms with E-state index in [1.165, 1.54) is 87.4 Å². The normalized spacial score (nSPS) is 11.7. The van der Waals surface area contributed by atoms with E-state index in [1.54, 1.807) is 0 Å². The van der Waals surface area contributed by atoms with Crippen LogP contribution in [-0.4, -0.2) is 0 Å². The molecule has 0 saturated carbocycles. The van der Waals surface area contributed by atoms with Crippen LogP contribution in [0.3, 0.4) is 0 Å². The van der Waals surface area contributed by atoms with Crippen molar-refractivity contribution < 1.29 is 8.83 Å². The molecule has 0 spiro atoms. The van der Waals surface area contributed by atoms with Crippen LogP contribution < -0.4 is 9.80 Å². The van der Waals surface area contributed by atoms with Gasteiger partial charge in [0.05, 0.1) is 5.69 Å². The van der Waals surface area contributed by atoms with Crippen LogP contribution in [0.2, 0.25) is 0 Å². The molecule has 108 heavy (non-hydrogen) atoms. The van der Waals surface area contributed by atoms with E-state index >= 15 is 0 Å². The second kappa shape index (κ2) is 25.8. The maximum Gasteiger partial charge on any atom is 0.143 e. The van der Waals surface area contributed by atoms with Crippen LogP contribution in [0.4, 0.5) is 34.1 Å². The van der Waals surface area contributed by atoms with Crippen LogP contribution in [0.15, 0.2) is 409 Å². The molecule has 19 aromatic carbocycles. The Balaban J connectivity index is 0.567. The molecule has 0 radical (unpaired) electrons. The number of anilines is 6. The Morgan fingerprint density at radius 2 is 0.472 bits per heavy atom. The number of fused-ring (bicyclic) bond motifs is 12. The highest BCUT2D eigenvalue weighted by atomic mass is 16.3. The van der Waals surface area contributed by atoms with E-state index in [4.69, 9.17) is 8.83 Å². The van der Waals surface area contributed by atoms with Gasteiger partial charge in [0.15, 0.2) is 0 Å². The van der Waals surface area contributed by atoms with Crippen molar-refractivity contribution in [2.24, 2.45) is 0 Å². The zero-order chi connectivity index (χ0) is 71.2. The second-order valence-corrected chi connectivity index (χ2v) is 28.3. The molecule has 0 atom stereocenters. The summed E-state index contributed by atoms with van der Waals surface area (Å²) in [7, 11) is 0.